The van der Waals surface area contributed by atoms with Crippen molar-refractivity contribution in [3.8, 4) is 0 Å². The van der Waals surface area contributed by atoms with E-state index in [-0.39, 0.29) is 0 Å². The first-order valence-electron chi connectivity index (χ1n) is 6.08. The summed E-state index contributed by atoms with van der Waals surface area (Å²) in [5.74, 6) is 0. The maximum atomic E-state index is 4.56. The molecule has 0 aliphatic rings. The maximum absolute atomic E-state index is 4.56. The van der Waals surface area contributed by atoms with E-state index in [1.54, 1.807) is 22.7 Å². The van der Waals surface area contributed by atoms with Crippen LogP contribution in [0.15, 0.2) is 21.3 Å². The van der Waals surface area contributed by atoms with Crippen molar-refractivity contribution < 1.29 is 0 Å². The van der Waals surface area contributed by atoms with Crippen molar-refractivity contribution in [3.63, 3.8) is 0 Å². The Morgan fingerprint density at radius 1 is 1.44 bits per heavy atom. The van der Waals surface area contributed by atoms with Gasteiger partial charge in [-0.1, -0.05) is 6.92 Å². The topological polar surface area (TPSA) is 24.9 Å². The van der Waals surface area contributed by atoms with E-state index in [1.165, 1.54) is 14.4 Å². The molecule has 0 aliphatic heterocycles. The summed E-state index contributed by atoms with van der Waals surface area (Å²) in [7, 11) is 0. The minimum atomic E-state index is 0.378. The number of halogens is 1. The third kappa shape index (κ3) is 3.88. The van der Waals surface area contributed by atoms with Crippen LogP contribution in [0, 0.1) is 6.92 Å². The van der Waals surface area contributed by atoms with Gasteiger partial charge in [0.25, 0.3) is 0 Å². The Balaban J connectivity index is 2.09. The Kier molecular flexibility index (Phi) is 5.36. The van der Waals surface area contributed by atoms with Gasteiger partial charge >= 0.3 is 0 Å². The predicted molar refractivity (Wildman–Crippen MR) is 83.6 cm³/mol. The van der Waals surface area contributed by atoms with Crippen LogP contribution in [0.5, 0.6) is 0 Å². The van der Waals surface area contributed by atoms with Crippen molar-refractivity contribution in [2.24, 2.45) is 0 Å². The van der Waals surface area contributed by atoms with Crippen LogP contribution in [0.25, 0.3) is 0 Å². The molecule has 0 radical (unpaired) electrons. The average Bonchev–Trinajstić information content (AvgIpc) is 2.93. The van der Waals surface area contributed by atoms with Gasteiger partial charge < -0.3 is 5.32 Å². The zero-order chi connectivity index (χ0) is 13.0. The Bertz CT molecular complexity index is 493. The predicted octanol–water partition coefficient (Wildman–Crippen LogP) is 4.56. The summed E-state index contributed by atoms with van der Waals surface area (Å²) in [5.41, 5.74) is 1.19. The van der Waals surface area contributed by atoms with Crippen molar-refractivity contribution >= 4 is 38.6 Å². The molecule has 0 amide bonds. The van der Waals surface area contributed by atoms with E-state index in [2.05, 4.69) is 57.6 Å². The van der Waals surface area contributed by atoms with Crippen LogP contribution < -0.4 is 5.32 Å². The first-order chi connectivity index (χ1) is 8.69. The molecule has 0 aliphatic carbocycles. The molecule has 0 spiro atoms. The molecule has 1 N–H and O–H groups in total. The van der Waals surface area contributed by atoms with Gasteiger partial charge in [0.15, 0.2) is 0 Å². The molecule has 2 heterocycles. The second kappa shape index (κ2) is 6.80. The monoisotopic (exact) mass is 344 g/mol. The quantitative estimate of drug-likeness (QED) is 0.830. The molecule has 98 valence electrons. The molecule has 0 aromatic carbocycles. The van der Waals surface area contributed by atoms with Crippen LogP contribution in [0.1, 0.15) is 35.0 Å². The molecule has 18 heavy (non-hydrogen) atoms. The Labute approximate surface area is 125 Å². The molecule has 1 atom stereocenters. The molecule has 2 aromatic rings. The van der Waals surface area contributed by atoms with Crippen LogP contribution in [-0.2, 0) is 6.42 Å². The van der Waals surface area contributed by atoms with Gasteiger partial charge in [0, 0.05) is 22.7 Å². The highest BCUT2D eigenvalue weighted by molar-refractivity contribution is 9.11. The third-order valence-electron chi connectivity index (χ3n) is 2.66. The Morgan fingerprint density at radius 2 is 2.28 bits per heavy atom. The third-order valence-corrected chi connectivity index (χ3v) is 5.22. The number of rotatable bonds is 6. The highest BCUT2D eigenvalue weighted by atomic mass is 79.9. The minimum Gasteiger partial charge on any atom is -0.309 e. The maximum Gasteiger partial charge on any atom is 0.0897 e. The van der Waals surface area contributed by atoms with Gasteiger partial charge in [-0.25, -0.2) is 4.98 Å². The molecule has 0 fully saturated rings. The highest BCUT2D eigenvalue weighted by Crippen LogP contribution is 2.29. The standard InChI is InChI=1S/C13H17BrN2S2/c1-3-6-15-11(12-4-5-13(14)18-12)7-10-8-17-9(2)16-10/h4-5,8,11,15H,3,6-7H2,1-2H3. The number of hydrogen-bond acceptors (Lipinski definition) is 4. The van der Waals surface area contributed by atoms with E-state index in [0.29, 0.717) is 6.04 Å². The first kappa shape index (κ1) is 14.2. The molecular formula is C13H17BrN2S2. The number of thiophene rings is 1. The van der Waals surface area contributed by atoms with Crippen LogP contribution >= 0.6 is 38.6 Å². The summed E-state index contributed by atoms with van der Waals surface area (Å²) in [6.45, 7) is 5.30. The second-order valence-electron chi connectivity index (χ2n) is 4.21. The molecule has 0 bridgehead atoms. The normalized spacial score (nSPS) is 12.8. The zero-order valence-corrected chi connectivity index (χ0v) is 13.8. The fraction of sp³-hybridized carbons (Fsp3) is 0.462. The summed E-state index contributed by atoms with van der Waals surface area (Å²) in [4.78, 5) is 5.94. The van der Waals surface area contributed by atoms with Gasteiger partial charge in [-0.3, -0.25) is 0 Å². The SMILES string of the molecule is CCCNC(Cc1csc(C)n1)c1ccc(Br)s1. The van der Waals surface area contributed by atoms with E-state index in [4.69, 9.17) is 0 Å². The number of thiazole rings is 1. The molecule has 1 unspecified atom stereocenters. The molecule has 2 aromatic heterocycles. The van der Waals surface area contributed by atoms with Crippen molar-refractivity contribution in [2.75, 3.05) is 6.54 Å². The lowest BCUT2D eigenvalue weighted by Gasteiger charge is -2.15. The number of aryl methyl sites for hydroxylation is 1. The summed E-state index contributed by atoms with van der Waals surface area (Å²) in [6.07, 6.45) is 2.12. The summed E-state index contributed by atoms with van der Waals surface area (Å²) in [5, 5.41) is 6.92. The van der Waals surface area contributed by atoms with Gasteiger partial charge in [-0.2, -0.15) is 0 Å². The van der Waals surface area contributed by atoms with Gasteiger partial charge in [0.05, 0.1) is 14.5 Å². The van der Waals surface area contributed by atoms with Crippen LogP contribution in [0.4, 0.5) is 0 Å². The fourth-order valence-electron chi connectivity index (χ4n) is 1.82. The zero-order valence-electron chi connectivity index (χ0n) is 10.6. The smallest absolute Gasteiger partial charge is 0.0897 e. The highest BCUT2D eigenvalue weighted by Gasteiger charge is 2.15. The first-order valence-corrected chi connectivity index (χ1v) is 8.57. The van der Waals surface area contributed by atoms with Crippen molar-refractivity contribution in [3.05, 3.63) is 36.9 Å². The summed E-state index contributed by atoms with van der Waals surface area (Å²) in [6, 6.07) is 4.69. The van der Waals surface area contributed by atoms with Crippen LogP contribution in [-0.4, -0.2) is 11.5 Å². The number of aromatic nitrogens is 1. The fourth-order valence-corrected chi connectivity index (χ4v) is 3.94. The van der Waals surface area contributed by atoms with Gasteiger partial charge in [-0.15, -0.1) is 22.7 Å². The lowest BCUT2D eigenvalue weighted by atomic mass is 10.1. The number of nitrogens with zero attached hydrogens (tertiary/aromatic N) is 1. The van der Waals surface area contributed by atoms with E-state index in [9.17, 15) is 0 Å². The summed E-state index contributed by atoms with van der Waals surface area (Å²) < 4.78 is 1.19. The van der Waals surface area contributed by atoms with E-state index >= 15 is 0 Å². The van der Waals surface area contributed by atoms with Gasteiger partial charge in [0.2, 0.25) is 0 Å². The van der Waals surface area contributed by atoms with Gasteiger partial charge in [-0.05, 0) is 48.0 Å². The van der Waals surface area contributed by atoms with Gasteiger partial charge in [0.1, 0.15) is 0 Å². The minimum absolute atomic E-state index is 0.378. The van der Waals surface area contributed by atoms with Crippen LogP contribution in [0.3, 0.4) is 0 Å². The Morgan fingerprint density at radius 3 is 2.83 bits per heavy atom. The molecule has 2 nitrogen and oxygen atoms in total. The molecule has 2 rings (SSSR count). The largest absolute Gasteiger partial charge is 0.309 e. The average molecular weight is 345 g/mol. The molecular weight excluding hydrogens is 328 g/mol. The lowest BCUT2D eigenvalue weighted by Crippen LogP contribution is -2.23. The Hall–Kier alpha value is -0.230. The van der Waals surface area contributed by atoms with Crippen molar-refractivity contribution in [1.82, 2.24) is 10.3 Å². The molecule has 5 heteroatoms. The van der Waals surface area contributed by atoms with Crippen molar-refractivity contribution in [2.45, 2.75) is 32.7 Å². The van der Waals surface area contributed by atoms with Crippen molar-refractivity contribution in [1.29, 1.82) is 0 Å². The second-order valence-corrected chi connectivity index (χ2v) is 7.77. The molecule has 0 saturated heterocycles. The van der Waals surface area contributed by atoms with E-state index in [0.717, 1.165) is 24.4 Å². The summed E-state index contributed by atoms with van der Waals surface area (Å²) >= 11 is 7.06. The van der Waals surface area contributed by atoms with E-state index in [1.807, 2.05) is 0 Å². The molecule has 0 saturated carbocycles. The lowest BCUT2D eigenvalue weighted by molar-refractivity contribution is 0.532. The number of nitrogens with one attached hydrogen (secondary N) is 1. The van der Waals surface area contributed by atoms with Crippen LogP contribution in [0.2, 0.25) is 0 Å². The number of hydrogen-bond donors (Lipinski definition) is 1. The van der Waals surface area contributed by atoms with E-state index < -0.39 is 0 Å².